The molecular weight excluding hydrogens is 354 g/mol. The van der Waals surface area contributed by atoms with Crippen LogP contribution in [0.5, 0.6) is 5.75 Å². The van der Waals surface area contributed by atoms with Gasteiger partial charge in [-0.25, -0.2) is 4.39 Å². The van der Waals surface area contributed by atoms with Gasteiger partial charge in [0.2, 0.25) is 11.7 Å². The van der Waals surface area contributed by atoms with Crippen LogP contribution in [0.1, 0.15) is 22.8 Å². The number of piperazine rings is 1. The Bertz CT molecular complexity index is 884. The summed E-state index contributed by atoms with van der Waals surface area (Å²) in [5.41, 5.74) is 1.40. The van der Waals surface area contributed by atoms with Gasteiger partial charge in [-0.1, -0.05) is 17.7 Å². The summed E-state index contributed by atoms with van der Waals surface area (Å²) in [6, 6.07) is 9.50. The minimum atomic E-state index is -1.28. The molecule has 27 heavy (non-hydrogen) atoms. The number of nitrogens with zero attached hydrogens (tertiary/aromatic N) is 2. The normalized spacial score (nSPS) is 17.2. The maximum atomic E-state index is 14.3. The summed E-state index contributed by atoms with van der Waals surface area (Å²) in [5.74, 6) is -3.78. The van der Waals surface area contributed by atoms with E-state index in [-0.39, 0.29) is 30.8 Å². The SMILES string of the molecule is COc1ccc(C(=O)N2CC(=O)N(c3ccc(C)cc3)CC2C)c(F)c1F. The molecule has 2 aromatic carbocycles. The topological polar surface area (TPSA) is 49.9 Å². The summed E-state index contributed by atoms with van der Waals surface area (Å²) in [5, 5.41) is 0. The second-order valence-electron chi connectivity index (χ2n) is 6.57. The van der Waals surface area contributed by atoms with E-state index in [0.29, 0.717) is 0 Å². The molecule has 0 N–H and O–H groups in total. The lowest BCUT2D eigenvalue weighted by Gasteiger charge is -2.39. The minimum Gasteiger partial charge on any atom is -0.494 e. The van der Waals surface area contributed by atoms with Crippen molar-refractivity contribution < 1.29 is 23.1 Å². The highest BCUT2D eigenvalue weighted by Crippen LogP contribution is 2.26. The van der Waals surface area contributed by atoms with Crippen LogP contribution in [0.25, 0.3) is 0 Å². The number of carbonyl (C=O) groups is 2. The molecule has 142 valence electrons. The fourth-order valence-electron chi connectivity index (χ4n) is 3.11. The lowest BCUT2D eigenvalue weighted by molar-refractivity contribution is -0.121. The lowest BCUT2D eigenvalue weighted by atomic mass is 10.1. The molecule has 1 aliphatic rings. The highest BCUT2D eigenvalue weighted by atomic mass is 19.2. The number of halogens is 2. The first-order valence-electron chi connectivity index (χ1n) is 8.53. The van der Waals surface area contributed by atoms with Gasteiger partial charge >= 0.3 is 0 Å². The summed E-state index contributed by atoms with van der Waals surface area (Å²) in [7, 11) is 1.21. The number of aryl methyl sites for hydroxylation is 1. The first kappa shape index (κ1) is 18.8. The predicted molar refractivity (Wildman–Crippen MR) is 96.9 cm³/mol. The third-order valence-electron chi connectivity index (χ3n) is 4.69. The maximum Gasteiger partial charge on any atom is 0.257 e. The second-order valence-corrected chi connectivity index (χ2v) is 6.57. The Hall–Kier alpha value is -2.96. The fraction of sp³-hybridized carbons (Fsp3) is 0.300. The molecule has 0 spiro atoms. The van der Waals surface area contributed by atoms with Gasteiger partial charge in [-0.15, -0.1) is 0 Å². The second kappa shape index (κ2) is 7.34. The van der Waals surface area contributed by atoms with E-state index in [1.807, 2.05) is 31.2 Å². The van der Waals surface area contributed by atoms with E-state index in [1.165, 1.54) is 24.1 Å². The largest absolute Gasteiger partial charge is 0.494 e. The Kier molecular flexibility index (Phi) is 5.12. The molecule has 2 amide bonds. The van der Waals surface area contributed by atoms with Crippen molar-refractivity contribution in [2.24, 2.45) is 0 Å². The van der Waals surface area contributed by atoms with Crippen molar-refractivity contribution in [1.29, 1.82) is 0 Å². The van der Waals surface area contributed by atoms with Crippen molar-refractivity contribution in [2.45, 2.75) is 19.9 Å². The summed E-state index contributed by atoms with van der Waals surface area (Å²) in [4.78, 5) is 28.1. The van der Waals surface area contributed by atoms with E-state index >= 15 is 0 Å². The highest BCUT2D eigenvalue weighted by Gasteiger charge is 2.35. The van der Waals surface area contributed by atoms with Crippen molar-refractivity contribution in [2.75, 3.05) is 25.1 Å². The van der Waals surface area contributed by atoms with Crippen LogP contribution < -0.4 is 9.64 Å². The Labute approximate surface area is 156 Å². The Morgan fingerprint density at radius 2 is 1.78 bits per heavy atom. The van der Waals surface area contributed by atoms with Gasteiger partial charge in [0.15, 0.2) is 11.6 Å². The Balaban J connectivity index is 1.83. The monoisotopic (exact) mass is 374 g/mol. The minimum absolute atomic E-state index is 0.207. The van der Waals surface area contributed by atoms with E-state index < -0.39 is 23.1 Å². The lowest BCUT2D eigenvalue weighted by Crippen LogP contribution is -2.57. The van der Waals surface area contributed by atoms with Gasteiger partial charge in [0.05, 0.1) is 12.7 Å². The van der Waals surface area contributed by atoms with Crippen molar-refractivity contribution in [3.05, 3.63) is 59.2 Å². The molecule has 1 unspecified atom stereocenters. The number of ether oxygens (including phenoxy) is 1. The van der Waals surface area contributed by atoms with Gasteiger partial charge < -0.3 is 14.5 Å². The Morgan fingerprint density at radius 3 is 2.41 bits per heavy atom. The van der Waals surface area contributed by atoms with Crippen LogP contribution in [0.15, 0.2) is 36.4 Å². The summed E-state index contributed by atoms with van der Waals surface area (Å²) in [6.07, 6.45) is 0. The van der Waals surface area contributed by atoms with Crippen molar-refractivity contribution in [3.8, 4) is 5.75 Å². The van der Waals surface area contributed by atoms with Crippen LogP contribution in [0, 0.1) is 18.6 Å². The molecule has 2 aromatic rings. The number of methoxy groups -OCH3 is 1. The molecule has 0 bridgehead atoms. The van der Waals surface area contributed by atoms with E-state index in [9.17, 15) is 18.4 Å². The van der Waals surface area contributed by atoms with Crippen molar-refractivity contribution in [1.82, 2.24) is 4.90 Å². The van der Waals surface area contributed by atoms with Crippen LogP contribution in [0.3, 0.4) is 0 Å². The van der Waals surface area contributed by atoms with Crippen molar-refractivity contribution >= 4 is 17.5 Å². The summed E-state index contributed by atoms with van der Waals surface area (Å²) >= 11 is 0. The summed E-state index contributed by atoms with van der Waals surface area (Å²) < 4.78 is 32.9. The van der Waals surface area contributed by atoms with Gasteiger partial charge in [-0.2, -0.15) is 4.39 Å². The quantitative estimate of drug-likeness (QED) is 0.829. The molecule has 0 aromatic heterocycles. The molecule has 1 saturated heterocycles. The first-order valence-corrected chi connectivity index (χ1v) is 8.53. The molecule has 3 rings (SSSR count). The maximum absolute atomic E-state index is 14.3. The molecule has 1 atom stereocenters. The van der Waals surface area contributed by atoms with Gasteiger partial charge in [0.25, 0.3) is 5.91 Å². The molecular formula is C20H20F2N2O3. The van der Waals surface area contributed by atoms with Gasteiger partial charge in [-0.05, 0) is 38.1 Å². The third kappa shape index (κ3) is 3.49. The Morgan fingerprint density at radius 1 is 1.11 bits per heavy atom. The van der Waals surface area contributed by atoms with Crippen LogP contribution in [-0.2, 0) is 4.79 Å². The van der Waals surface area contributed by atoms with Crippen LogP contribution in [-0.4, -0.2) is 43.0 Å². The standard InChI is InChI=1S/C20H20F2N2O3/c1-12-4-6-14(7-5-12)24-10-13(2)23(11-17(24)25)20(26)15-8-9-16(27-3)19(22)18(15)21/h4-9,13H,10-11H2,1-3H3. The number of hydrogen-bond donors (Lipinski definition) is 0. The first-order chi connectivity index (χ1) is 12.8. The summed E-state index contributed by atoms with van der Waals surface area (Å²) in [6.45, 7) is 3.78. The fourth-order valence-corrected chi connectivity index (χ4v) is 3.11. The molecule has 5 nitrogen and oxygen atoms in total. The smallest absolute Gasteiger partial charge is 0.257 e. The third-order valence-corrected chi connectivity index (χ3v) is 4.69. The van der Waals surface area contributed by atoms with Gasteiger partial charge in [0, 0.05) is 18.3 Å². The molecule has 0 radical (unpaired) electrons. The van der Waals surface area contributed by atoms with Gasteiger partial charge in [-0.3, -0.25) is 9.59 Å². The van der Waals surface area contributed by atoms with Crippen LogP contribution in [0.4, 0.5) is 14.5 Å². The van der Waals surface area contributed by atoms with Gasteiger partial charge in [0.1, 0.15) is 6.54 Å². The van der Waals surface area contributed by atoms with Crippen LogP contribution in [0.2, 0.25) is 0 Å². The van der Waals surface area contributed by atoms with Crippen molar-refractivity contribution in [3.63, 3.8) is 0 Å². The molecule has 0 aliphatic carbocycles. The van der Waals surface area contributed by atoms with E-state index in [0.717, 1.165) is 11.3 Å². The number of amides is 2. The number of rotatable bonds is 3. The average Bonchev–Trinajstić information content (AvgIpc) is 2.65. The molecule has 1 aliphatic heterocycles. The zero-order chi connectivity index (χ0) is 19.7. The molecule has 1 heterocycles. The zero-order valence-corrected chi connectivity index (χ0v) is 15.3. The number of carbonyl (C=O) groups excluding carboxylic acids is 2. The van der Waals surface area contributed by atoms with E-state index in [1.54, 1.807) is 11.8 Å². The highest BCUT2D eigenvalue weighted by molar-refractivity contribution is 6.02. The number of hydrogen-bond acceptors (Lipinski definition) is 3. The average molecular weight is 374 g/mol. The number of anilines is 1. The predicted octanol–water partition coefficient (Wildman–Crippen LogP) is 3.16. The number of benzene rings is 2. The zero-order valence-electron chi connectivity index (χ0n) is 15.3. The molecule has 7 heteroatoms. The van der Waals surface area contributed by atoms with E-state index in [4.69, 9.17) is 4.74 Å². The molecule has 1 fully saturated rings. The van der Waals surface area contributed by atoms with Crippen LogP contribution >= 0.6 is 0 Å². The molecule has 0 saturated carbocycles. The van der Waals surface area contributed by atoms with E-state index in [2.05, 4.69) is 0 Å².